The van der Waals surface area contributed by atoms with Gasteiger partial charge >= 0.3 is 6.18 Å². The molecule has 3 rings (SSSR count). The van der Waals surface area contributed by atoms with E-state index in [0.717, 1.165) is 23.3 Å². The van der Waals surface area contributed by atoms with E-state index >= 15 is 0 Å². The van der Waals surface area contributed by atoms with Crippen molar-refractivity contribution >= 4 is 28.5 Å². The van der Waals surface area contributed by atoms with Gasteiger partial charge in [-0.05, 0) is 37.5 Å². The molecule has 0 bridgehead atoms. The fourth-order valence-corrected chi connectivity index (χ4v) is 3.61. The molecule has 0 aliphatic carbocycles. The van der Waals surface area contributed by atoms with Crippen molar-refractivity contribution in [3.63, 3.8) is 0 Å². The average molecular weight is 405 g/mol. The van der Waals surface area contributed by atoms with Crippen molar-refractivity contribution in [3.8, 4) is 0 Å². The SMILES string of the molecule is C/C(=N\N=C1/NC(=O)C(Cc2cccc(C(F)(F)F)c2)S1)c1ccc(C)cc1. The third kappa shape index (κ3) is 5.01. The summed E-state index contributed by atoms with van der Waals surface area (Å²) in [6.07, 6.45) is -4.23. The zero-order valence-electron chi connectivity index (χ0n) is 15.2. The Morgan fingerprint density at radius 1 is 1.18 bits per heavy atom. The summed E-state index contributed by atoms with van der Waals surface area (Å²) in [6.45, 7) is 3.81. The highest BCUT2D eigenvalue weighted by Gasteiger charge is 2.33. The van der Waals surface area contributed by atoms with Gasteiger partial charge in [0.1, 0.15) is 0 Å². The maximum absolute atomic E-state index is 12.8. The molecule has 4 nitrogen and oxygen atoms in total. The smallest absolute Gasteiger partial charge is 0.303 e. The highest BCUT2D eigenvalue weighted by atomic mass is 32.2. The molecule has 0 aromatic heterocycles. The van der Waals surface area contributed by atoms with Crippen LogP contribution in [0.5, 0.6) is 0 Å². The van der Waals surface area contributed by atoms with Crippen LogP contribution in [0.15, 0.2) is 58.7 Å². The van der Waals surface area contributed by atoms with Gasteiger partial charge in [-0.2, -0.15) is 18.3 Å². The van der Waals surface area contributed by atoms with Crippen LogP contribution in [0.25, 0.3) is 0 Å². The van der Waals surface area contributed by atoms with Crippen LogP contribution in [-0.2, 0) is 17.4 Å². The standard InChI is InChI=1S/C20H18F3N3OS/c1-12-6-8-15(9-7-12)13(2)25-26-19-24-18(27)17(28-19)11-14-4-3-5-16(10-14)20(21,22)23/h3-10,17H,11H2,1-2H3,(H,24,26,27)/b25-13+. The Morgan fingerprint density at radius 3 is 2.57 bits per heavy atom. The Kier molecular flexibility index (Phi) is 5.88. The molecule has 1 aliphatic heterocycles. The minimum atomic E-state index is -4.41. The lowest BCUT2D eigenvalue weighted by atomic mass is 10.1. The summed E-state index contributed by atoms with van der Waals surface area (Å²) in [5.74, 6) is -0.288. The molecule has 1 saturated heterocycles. The fourth-order valence-electron chi connectivity index (χ4n) is 2.65. The summed E-state index contributed by atoms with van der Waals surface area (Å²) in [4.78, 5) is 12.1. The van der Waals surface area contributed by atoms with E-state index in [2.05, 4.69) is 15.5 Å². The van der Waals surface area contributed by atoms with Gasteiger partial charge in [-0.25, -0.2) is 0 Å². The van der Waals surface area contributed by atoms with Gasteiger partial charge in [0.15, 0.2) is 5.17 Å². The van der Waals surface area contributed by atoms with E-state index in [1.807, 2.05) is 38.1 Å². The van der Waals surface area contributed by atoms with Crippen molar-refractivity contribution in [2.24, 2.45) is 10.2 Å². The number of amides is 1. The van der Waals surface area contributed by atoms with Gasteiger partial charge in [0, 0.05) is 0 Å². The number of carbonyl (C=O) groups is 1. The first-order valence-corrected chi connectivity index (χ1v) is 9.43. The van der Waals surface area contributed by atoms with Crippen molar-refractivity contribution in [2.45, 2.75) is 31.7 Å². The van der Waals surface area contributed by atoms with E-state index in [1.54, 1.807) is 6.07 Å². The Bertz CT molecular complexity index is 936. The van der Waals surface area contributed by atoms with Crippen LogP contribution in [0.1, 0.15) is 29.2 Å². The number of nitrogens with zero attached hydrogens (tertiary/aromatic N) is 2. The molecule has 0 radical (unpaired) electrons. The lowest BCUT2D eigenvalue weighted by molar-refractivity contribution is -0.137. The van der Waals surface area contributed by atoms with Crippen molar-refractivity contribution in [2.75, 3.05) is 0 Å². The van der Waals surface area contributed by atoms with Crippen LogP contribution in [-0.4, -0.2) is 22.0 Å². The quantitative estimate of drug-likeness (QED) is 0.599. The summed E-state index contributed by atoms with van der Waals surface area (Å²) >= 11 is 1.17. The molecule has 2 aromatic carbocycles. The summed E-state index contributed by atoms with van der Waals surface area (Å²) in [7, 11) is 0. The predicted molar refractivity (Wildman–Crippen MR) is 105 cm³/mol. The number of alkyl halides is 3. The van der Waals surface area contributed by atoms with E-state index in [4.69, 9.17) is 0 Å². The number of hydrogen-bond acceptors (Lipinski definition) is 4. The molecule has 146 valence electrons. The average Bonchev–Trinajstić information content (AvgIpc) is 2.99. The molecule has 28 heavy (non-hydrogen) atoms. The van der Waals surface area contributed by atoms with Crippen molar-refractivity contribution < 1.29 is 18.0 Å². The second kappa shape index (κ2) is 8.18. The zero-order valence-corrected chi connectivity index (χ0v) is 16.1. The number of hydrogen-bond donors (Lipinski definition) is 1. The number of rotatable bonds is 4. The van der Waals surface area contributed by atoms with Crippen LogP contribution >= 0.6 is 11.8 Å². The van der Waals surface area contributed by atoms with E-state index < -0.39 is 17.0 Å². The Morgan fingerprint density at radius 2 is 1.89 bits per heavy atom. The molecule has 8 heteroatoms. The highest BCUT2D eigenvalue weighted by molar-refractivity contribution is 8.15. The maximum atomic E-state index is 12.8. The van der Waals surface area contributed by atoms with Crippen LogP contribution in [0.2, 0.25) is 0 Å². The normalized spacial score (nSPS) is 19.2. The molecule has 1 aliphatic rings. The number of carbonyl (C=O) groups excluding carboxylic acids is 1. The van der Waals surface area contributed by atoms with Crippen LogP contribution < -0.4 is 5.32 Å². The summed E-state index contributed by atoms with van der Waals surface area (Å²) in [5.41, 5.74) is 2.48. The highest BCUT2D eigenvalue weighted by Crippen LogP contribution is 2.31. The van der Waals surface area contributed by atoms with Gasteiger partial charge in [-0.15, -0.1) is 5.10 Å². The largest absolute Gasteiger partial charge is 0.416 e. The third-order valence-electron chi connectivity index (χ3n) is 4.21. The molecule has 2 aromatic rings. The Labute approximate surface area is 164 Å². The number of halogens is 3. The summed E-state index contributed by atoms with van der Waals surface area (Å²) in [5, 5.41) is 10.7. The van der Waals surface area contributed by atoms with Crippen LogP contribution in [0.3, 0.4) is 0 Å². The zero-order chi connectivity index (χ0) is 20.3. The molecular formula is C20H18F3N3OS. The first-order chi connectivity index (χ1) is 13.2. The monoisotopic (exact) mass is 405 g/mol. The van der Waals surface area contributed by atoms with E-state index in [9.17, 15) is 18.0 Å². The molecular weight excluding hydrogens is 387 g/mol. The summed E-state index contributed by atoms with van der Waals surface area (Å²) in [6, 6.07) is 12.8. The lowest BCUT2D eigenvalue weighted by Gasteiger charge is -2.10. The molecule has 1 amide bonds. The third-order valence-corrected chi connectivity index (χ3v) is 5.28. The molecule has 0 saturated carbocycles. The van der Waals surface area contributed by atoms with E-state index in [0.29, 0.717) is 16.4 Å². The number of amidine groups is 1. The van der Waals surface area contributed by atoms with E-state index in [1.165, 1.54) is 17.8 Å². The van der Waals surface area contributed by atoms with Gasteiger partial charge in [0.2, 0.25) is 5.91 Å². The first kappa shape index (κ1) is 20.1. The molecule has 1 heterocycles. The van der Waals surface area contributed by atoms with Gasteiger partial charge in [-0.1, -0.05) is 59.8 Å². The molecule has 1 unspecified atom stereocenters. The van der Waals surface area contributed by atoms with Crippen molar-refractivity contribution in [1.82, 2.24) is 5.32 Å². The molecule has 0 spiro atoms. The number of aryl methyl sites for hydroxylation is 1. The van der Waals surface area contributed by atoms with Gasteiger partial charge in [-0.3, -0.25) is 4.79 Å². The molecule has 1 atom stereocenters. The molecule has 1 N–H and O–H groups in total. The first-order valence-electron chi connectivity index (χ1n) is 8.55. The van der Waals surface area contributed by atoms with Gasteiger partial charge in [0.05, 0.1) is 16.5 Å². The minimum Gasteiger partial charge on any atom is -0.303 e. The van der Waals surface area contributed by atoms with Crippen LogP contribution in [0.4, 0.5) is 13.2 Å². The number of nitrogens with one attached hydrogen (secondary N) is 1. The van der Waals surface area contributed by atoms with Crippen LogP contribution in [0, 0.1) is 6.92 Å². The predicted octanol–water partition coefficient (Wildman–Crippen LogP) is 4.57. The van der Waals surface area contributed by atoms with Gasteiger partial charge in [0.25, 0.3) is 0 Å². The Hall–Kier alpha value is -2.61. The maximum Gasteiger partial charge on any atom is 0.416 e. The van der Waals surface area contributed by atoms with Crippen molar-refractivity contribution in [3.05, 3.63) is 70.8 Å². The Balaban J connectivity index is 1.69. The number of benzene rings is 2. The van der Waals surface area contributed by atoms with Gasteiger partial charge < -0.3 is 5.32 Å². The van der Waals surface area contributed by atoms with Crippen molar-refractivity contribution in [1.29, 1.82) is 0 Å². The second-order valence-corrected chi connectivity index (χ2v) is 7.65. The number of thioether (sulfide) groups is 1. The fraction of sp³-hybridized carbons (Fsp3) is 0.250. The minimum absolute atomic E-state index is 0.181. The topological polar surface area (TPSA) is 53.8 Å². The summed E-state index contributed by atoms with van der Waals surface area (Å²) < 4.78 is 38.5. The second-order valence-electron chi connectivity index (χ2n) is 6.45. The molecule has 1 fully saturated rings. The lowest BCUT2D eigenvalue weighted by Crippen LogP contribution is -2.26. The van der Waals surface area contributed by atoms with E-state index in [-0.39, 0.29) is 12.3 Å².